The molecule has 2 amide bonds. The van der Waals surface area contributed by atoms with Crippen LogP contribution >= 0.6 is 0 Å². The average Bonchev–Trinajstić information content (AvgIpc) is 3.14. The topological polar surface area (TPSA) is 65.3 Å². The molecule has 0 aliphatic carbocycles. The highest BCUT2D eigenvalue weighted by atomic mass is 19.2. The Morgan fingerprint density at radius 2 is 1.78 bits per heavy atom. The molecule has 2 heterocycles. The number of halogens is 2. The first-order valence-corrected chi connectivity index (χ1v) is 8.43. The van der Waals surface area contributed by atoms with Crippen LogP contribution in [0, 0.1) is 25.5 Å². The zero-order valence-corrected chi connectivity index (χ0v) is 14.7. The summed E-state index contributed by atoms with van der Waals surface area (Å²) in [6.07, 6.45) is 0. The number of fused-ring (bicyclic) bond motifs is 1. The van der Waals surface area contributed by atoms with E-state index in [-0.39, 0.29) is 5.69 Å². The lowest BCUT2D eigenvalue weighted by Crippen LogP contribution is -2.39. The fraction of sp³-hybridized carbons (Fsp3) is 0.263. The van der Waals surface area contributed by atoms with Crippen LogP contribution in [0.4, 0.5) is 14.5 Å². The highest BCUT2D eigenvalue weighted by molar-refractivity contribution is 6.25. The molecule has 0 N–H and O–H groups in total. The second kappa shape index (κ2) is 6.22. The molecule has 6 nitrogen and oxygen atoms in total. The van der Waals surface area contributed by atoms with Crippen LogP contribution in [-0.4, -0.2) is 28.9 Å². The van der Waals surface area contributed by atoms with Gasteiger partial charge in [0.1, 0.15) is 0 Å². The van der Waals surface area contributed by atoms with E-state index in [0.29, 0.717) is 6.54 Å². The molecule has 0 spiro atoms. The molecule has 2 aliphatic heterocycles. The molecule has 0 aromatic heterocycles. The lowest BCUT2D eigenvalue weighted by atomic mass is 10.0. The zero-order chi connectivity index (χ0) is 19.3. The molecule has 2 aromatic rings. The largest absolute Gasteiger partial charge is 0.271 e. The van der Waals surface area contributed by atoms with Gasteiger partial charge in [-0.2, -0.15) is 5.11 Å². The number of imide groups is 1. The molecule has 4 rings (SSSR count). The maximum absolute atomic E-state index is 13.5. The molecule has 8 heteroatoms. The molecule has 2 aliphatic rings. The van der Waals surface area contributed by atoms with Crippen molar-refractivity contribution in [3.63, 3.8) is 0 Å². The fourth-order valence-electron chi connectivity index (χ4n) is 3.38. The summed E-state index contributed by atoms with van der Waals surface area (Å²) in [5, 5.41) is 9.43. The van der Waals surface area contributed by atoms with Gasteiger partial charge in [-0.15, -0.1) is 0 Å². The van der Waals surface area contributed by atoms with E-state index in [9.17, 15) is 18.4 Å². The standard InChI is InChI=1S/C19H16F2N4O2/c1-10-3-4-11(2)12(7-10)9-24-17-16(22-23-24)18(26)25(19(17)27)13-5-6-14(20)15(21)8-13/h3-8,16-17H,9H2,1-2H3. The Balaban J connectivity index is 1.63. The normalized spacial score (nSPS) is 21.3. The summed E-state index contributed by atoms with van der Waals surface area (Å²) in [7, 11) is 0. The van der Waals surface area contributed by atoms with Gasteiger partial charge < -0.3 is 0 Å². The summed E-state index contributed by atoms with van der Waals surface area (Å²) in [5.74, 6) is -3.32. The lowest BCUT2D eigenvalue weighted by molar-refractivity contribution is -0.123. The molecule has 2 aromatic carbocycles. The minimum atomic E-state index is -1.13. The van der Waals surface area contributed by atoms with E-state index in [1.54, 1.807) is 0 Å². The lowest BCUT2D eigenvalue weighted by Gasteiger charge is -2.21. The van der Waals surface area contributed by atoms with Crippen LogP contribution in [0.3, 0.4) is 0 Å². The molecular formula is C19H16F2N4O2. The Bertz CT molecular complexity index is 992. The van der Waals surface area contributed by atoms with E-state index < -0.39 is 35.5 Å². The van der Waals surface area contributed by atoms with Gasteiger partial charge in [0.2, 0.25) is 0 Å². The summed E-state index contributed by atoms with van der Waals surface area (Å²) in [6, 6.07) is 7.01. The third kappa shape index (κ3) is 2.77. The summed E-state index contributed by atoms with van der Waals surface area (Å²) in [6.45, 7) is 4.24. The number of hydrogen-bond donors (Lipinski definition) is 0. The maximum Gasteiger partial charge on any atom is 0.263 e. The van der Waals surface area contributed by atoms with Crippen molar-refractivity contribution in [3.8, 4) is 0 Å². The minimum Gasteiger partial charge on any atom is -0.271 e. The van der Waals surface area contributed by atoms with Gasteiger partial charge in [-0.1, -0.05) is 29.0 Å². The van der Waals surface area contributed by atoms with Gasteiger partial charge in [0.05, 0.1) is 12.2 Å². The third-order valence-electron chi connectivity index (χ3n) is 4.86. The molecule has 1 saturated heterocycles. The molecule has 1 fully saturated rings. The smallest absolute Gasteiger partial charge is 0.263 e. The van der Waals surface area contributed by atoms with Gasteiger partial charge in [-0.05, 0) is 37.1 Å². The first-order chi connectivity index (χ1) is 12.9. The van der Waals surface area contributed by atoms with Crippen LogP contribution in [0.2, 0.25) is 0 Å². The summed E-state index contributed by atoms with van der Waals surface area (Å²) >= 11 is 0. The number of rotatable bonds is 3. The Kier molecular flexibility index (Phi) is 3.98. The molecule has 2 atom stereocenters. The van der Waals surface area contributed by atoms with Crippen LogP contribution in [0.25, 0.3) is 0 Å². The molecule has 0 saturated carbocycles. The van der Waals surface area contributed by atoms with Crippen molar-refractivity contribution in [2.45, 2.75) is 32.5 Å². The van der Waals surface area contributed by atoms with Crippen molar-refractivity contribution >= 4 is 17.5 Å². The SMILES string of the molecule is Cc1ccc(C)c(CN2N=NC3C(=O)N(c4ccc(F)c(F)c4)C(=O)C32)c1. The number of carbonyl (C=O) groups excluding carboxylic acids is 2. The van der Waals surface area contributed by atoms with Crippen molar-refractivity contribution in [3.05, 3.63) is 64.7 Å². The Morgan fingerprint density at radius 3 is 2.52 bits per heavy atom. The van der Waals surface area contributed by atoms with E-state index in [4.69, 9.17) is 0 Å². The number of anilines is 1. The van der Waals surface area contributed by atoms with Crippen molar-refractivity contribution in [2.24, 2.45) is 10.3 Å². The highest BCUT2D eigenvalue weighted by Crippen LogP contribution is 2.33. The Morgan fingerprint density at radius 1 is 1.00 bits per heavy atom. The van der Waals surface area contributed by atoms with Gasteiger partial charge in [0, 0.05) is 6.07 Å². The summed E-state index contributed by atoms with van der Waals surface area (Å²) in [4.78, 5) is 26.3. The first kappa shape index (κ1) is 17.3. The predicted octanol–water partition coefficient (Wildman–Crippen LogP) is 3.08. The monoisotopic (exact) mass is 370 g/mol. The summed E-state index contributed by atoms with van der Waals surface area (Å²) < 4.78 is 26.7. The van der Waals surface area contributed by atoms with E-state index in [0.717, 1.165) is 33.7 Å². The van der Waals surface area contributed by atoms with Crippen LogP contribution < -0.4 is 4.90 Å². The van der Waals surface area contributed by atoms with E-state index in [2.05, 4.69) is 10.3 Å². The van der Waals surface area contributed by atoms with Crippen LogP contribution in [-0.2, 0) is 16.1 Å². The van der Waals surface area contributed by atoms with Gasteiger partial charge in [-0.3, -0.25) is 14.6 Å². The van der Waals surface area contributed by atoms with E-state index in [1.807, 2.05) is 32.0 Å². The second-order valence-corrected chi connectivity index (χ2v) is 6.73. The fourth-order valence-corrected chi connectivity index (χ4v) is 3.38. The van der Waals surface area contributed by atoms with Gasteiger partial charge in [0.25, 0.3) is 11.8 Å². The van der Waals surface area contributed by atoms with Gasteiger partial charge in [-0.25, -0.2) is 13.7 Å². The molecule has 138 valence electrons. The van der Waals surface area contributed by atoms with E-state index in [1.165, 1.54) is 11.1 Å². The molecular weight excluding hydrogens is 354 g/mol. The first-order valence-electron chi connectivity index (χ1n) is 8.43. The number of benzene rings is 2. The van der Waals surface area contributed by atoms with Crippen molar-refractivity contribution in [2.75, 3.05) is 4.90 Å². The number of amides is 2. The third-order valence-corrected chi connectivity index (χ3v) is 4.86. The van der Waals surface area contributed by atoms with Crippen LogP contribution in [0.1, 0.15) is 16.7 Å². The maximum atomic E-state index is 13.5. The van der Waals surface area contributed by atoms with Crippen LogP contribution in [0.5, 0.6) is 0 Å². The Labute approximate surface area is 154 Å². The molecule has 27 heavy (non-hydrogen) atoms. The summed E-state index contributed by atoms with van der Waals surface area (Å²) in [5.41, 5.74) is 3.07. The highest BCUT2D eigenvalue weighted by Gasteiger charge is 2.54. The molecule has 0 bridgehead atoms. The van der Waals surface area contributed by atoms with Crippen molar-refractivity contribution in [1.82, 2.24) is 5.01 Å². The average molecular weight is 370 g/mol. The second-order valence-electron chi connectivity index (χ2n) is 6.73. The van der Waals surface area contributed by atoms with Crippen molar-refractivity contribution in [1.29, 1.82) is 0 Å². The van der Waals surface area contributed by atoms with Gasteiger partial charge in [0.15, 0.2) is 23.7 Å². The van der Waals surface area contributed by atoms with Crippen LogP contribution in [0.15, 0.2) is 46.7 Å². The number of carbonyl (C=O) groups is 2. The zero-order valence-electron chi connectivity index (χ0n) is 14.7. The molecule has 0 radical (unpaired) electrons. The number of hydrogen-bond acceptors (Lipinski definition) is 5. The minimum absolute atomic E-state index is 0.0137. The Hall–Kier alpha value is -3.16. The number of nitrogens with zero attached hydrogens (tertiary/aromatic N) is 4. The van der Waals surface area contributed by atoms with Crippen molar-refractivity contribution < 1.29 is 18.4 Å². The van der Waals surface area contributed by atoms with E-state index >= 15 is 0 Å². The number of aryl methyl sites for hydroxylation is 2. The predicted molar refractivity (Wildman–Crippen MR) is 92.7 cm³/mol. The quantitative estimate of drug-likeness (QED) is 0.780. The molecule has 2 unspecified atom stereocenters. The van der Waals surface area contributed by atoms with Gasteiger partial charge >= 0.3 is 0 Å².